The number of carbonyl (C=O) groups is 2. The number of rotatable bonds is 6. The van der Waals surface area contributed by atoms with Gasteiger partial charge in [0.25, 0.3) is 0 Å². The molecular weight excluding hydrogens is 294 g/mol. The largest absolute Gasteiger partial charge is 0.354 e. The summed E-state index contributed by atoms with van der Waals surface area (Å²) in [7, 11) is 1.64. The first-order chi connectivity index (χ1) is 9.29. The van der Waals surface area contributed by atoms with E-state index >= 15 is 0 Å². The Morgan fingerprint density at radius 3 is 2.60 bits per heavy atom. The molecule has 2 N–H and O–H groups in total. The van der Waals surface area contributed by atoms with Gasteiger partial charge in [0, 0.05) is 24.2 Å². The number of nitrogens with one attached hydrogen (secondary N) is 2. The van der Waals surface area contributed by atoms with E-state index in [1.54, 1.807) is 7.05 Å². The number of nitrogens with zero attached hydrogens (tertiary/aromatic N) is 1. The van der Waals surface area contributed by atoms with Crippen molar-refractivity contribution in [3.8, 4) is 0 Å². The molecule has 0 radical (unpaired) electrons. The van der Waals surface area contributed by atoms with Crippen LogP contribution in [0.15, 0.2) is 0 Å². The summed E-state index contributed by atoms with van der Waals surface area (Å²) in [5.74, 6) is 0.181. The minimum Gasteiger partial charge on any atom is -0.354 e. The lowest BCUT2D eigenvalue weighted by molar-refractivity contribution is -0.134. The minimum atomic E-state index is -0.132. The molecule has 0 atom stereocenters. The third-order valence-corrected chi connectivity index (χ3v) is 4.09. The Bertz CT molecular complexity index is 534. The summed E-state index contributed by atoms with van der Waals surface area (Å²) in [4.78, 5) is 29.1. The Morgan fingerprint density at radius 2 is 2.10 bits per heavy atom. The molecule has 20 heavy (non-hydrogen) atoms. The lowest BCUT2D eigenvalue weighted by atomic mass is 10.2. The molecule has 1 aromatic rings. The Hall–Kier alpha value is -1.21. The molecule has 0 aromatic carbocycles. The van der Waals surface area contributed by atoms with Crippen LogP contribution in [-0.4, -0.2) is 41.8 Å². The summed E-state index contributed by atoms with van der Waals surface area (Å²) >= 11 is 6.45. The standard InChI is InChI=1S/C13H21N3O2S2/c1-8(2)6-14-11(17)7-16(4)12(18)5-10-9(3)15-13(19)20-10/h8H,5-7H2,1-4H3,(H,14,17)(H,15,19). The van der Waals surface area contributed by atoms with Crippen LogP contribution in [0.3, 0.4) is 0 Å². The van der Waals surface area contributed by atoms with E-state index in [2.05, 4.69) is 10.3 Å². The van der Waals surface area contributed by atoms with E-state index in [-0.39, 0.29) is 24.8 Å². The normalized spacial score (nSPS) is 10.7. The van der Waals surface area contributed by atoms with Gasteiger partial charge in [-0.1, -0.05) is 13.8 Å². The molecule has 7 heteroatoms. The van der Waals surface area contributed by atoms with Crippen molar-refractivity contribution in [3.05, 3.63) is 14.5 Å². The highest BCUT2D eigenvalue weighted by atomic mass is 32.1. The first kappa shape index (κ1) is 16.8. The lowest BCUT2D eigenvalue weighted by Gasteiger charge is -2.17. The average Bonchev–Trinajstić information content (AvgIpc) is 2.65. The number of hydrogen-bond acceptors (Lipinski definition) is 4. The Morgan fingerprint density at radius 1 is 1.45 bits per heavy atom. The average molecular weight is 315 g/mol. The molecule has 5 nitrogen and oxygen atoms in total. The molecule has 0 unspecified atom stereocenters. The van der Waals surface area contributed by atoms with Crippen LogP contribution in [0.2, 0.25) is 0 Å². The molecule has 0 saturated carbocycles. The number of amides is 2. The molecule has 1 aromatic heterocycles. The van der Waals surface area contributed by atoms with E-state index in [0.717, 1.165) is 10.6 Å². The highest BCUT2D eigenvalue weighted by Crippen LogP contribution is 2.15. The second kappa shape index (κ2) is 7.54. The summed E-state index contributed by atoms with van der Waals surface area (Å²) < 4.78 is 0.669. The van der Waals surface area contributed by atoms with Crippen molar-refractivity contribution < 1.29 is 9.59 Å². The van der Waals surface area contributed by atoms with E-state index in [1.165, 1.54) is 16.2 Å². The summed E-state index contributed by atoms with van der Waals surface area (Å²) in [5, 5.41) is 2.79. The van der Waals surface area contributed by atoms with Crippen LogP contribution in [0.4, 0.5) is 0 Å². The molecule has 0 saturated heterocycles. The second-order valence-corrected chi connectivity index (χ2v) is 6.96. The number of aromatic nitrogens is 1. The number of thiazole rings is 1. The molecule has 0 fully saturated rings. The molecule has 0 aliphatic heterocycles. The van der Waals surface area contributed by atoms with E-state index < -0.39 is 0 Å². The predicted octanol–water partition coefficient (Wildman–Crippen LogP) is 1.89. The van der Waals surface area contributed by atoms with Crippen molar-refractivity contribution in [2.45, 2.75) is 27.2 Å². The van der Waals surface area contributed by atoms with Crippen molar-refractivity contribution in [2.75, 3.05) is 20.1 Å². The number of aryl methyl sites for hydroxylation is 1. The van der Waals surface area contributed by atoms with Crippen LogP contribution in [0.5, 0.6) is 0 Å². The van der Waals surface area contributed by atoms with Gasteiger partial charge in [0.05, 0.1) is 13.0 Å². The molecule has 0 aliphatic rings. The fourth-order valence-electron chi connectivity index (χ4n) is 1.56. The minimum absolute atomic E-state index is 0.0838. The monoisotopic (exact) mass is 315 g/mol. The predicted molar refractivity (Wildman–Crippen MR) is 83.4 cm³/mol. The van der Waals surface area contributed by atoms with Crippen LogP contribution in [0.25, 0.3) is 0 Å². The highest BCUT2D eigenvalue weighted by Gasteiger charge is 2.15. The maximum absolute atomic E-state index is 12.1. The molecule has 0 spiro atoms. The zero-order valence-corrected chi connectivity index (χ0v) is 13.9. The van der Waals surface area contributed by atoms with Crippen molar-refractivity contribution in [1.29, 1.82) is 0 Å². The van der Waals surface area contributed by atoms with Gasteiger partial charge < -0.3 is 15.2 Å². The topological polar surface area (TPSA) is 65.2 Å². The Labute approximate surface area is 128 Å². The highest BCUT2D eigenvalue weighted by molar-refractivity contribution is 7.73. The number of hydrogen-bond donors (Lipinski definition) is 2. The van der Waals surface area contributed by atoms with Crippen molar-refractivity contribution in [2.24, 2.45) is 5.92 Å². The van der Waals surface area contributed by atoms with Crippen LogP contribution in [0.1, 0.15) is 24.4 Å². The Kier molecular flexibility index (Phi) is 6.35. The smallest absolute Gasteiger partial charge is 0.239 e. The zero-order chi connectivity index (χ0) is 15.3. The van der Waals surface area contributed by atoms with Crippen molar-refractivity contribution >= 4 is 35.4 Å². The van der Waals surface area contributed by atoms with E-state index in [1.807, 2.05) is 20.8 Å². The van der Waals surface area contributed by atoms with E-state index in [0.29, 0.717) is 16.4 Å². The SMILES string of the molecule is Cc1[nH]c(=S)sc1CC(=O)N(C)CC(=O)NCC(C)C. The van der Waals surface area contributed by atoms with Gasteiger partial charge in [0.15, 0.2) is 3.95 Å². The van der Waals surface area contributed by atoms with Crippen LogP contribution in [0, 0.1) is 16.8 Å². The van der Waals surface area contributed by atoms with Gasteiger partial charge in [-0.05, 0) is 25.1 Å². The summed E-state index contributed by atoms with van der Waals surface area (Å²) in [6, 6.07) is 0. The maximum Gasteiger partial charge on any atom is 0.239 e. The fourth-order valence-corrected chi connectivity index (χ4v) is 2.84. The van der Waals surface area contributed by atoms with Crippen LogP contribution < -0.4 is 5.32 Å². The first-order valence-corrected chi connectivity index (χ1v) is 7.71. The maximum atomic E-state index is 12.1. The van der Waals surface area contributed by atoms with Gasteiger partial charge in [-0.15, -0.1) is 11.3 Å². The van der Waals surface area contributed by atoms with Gasteiger partial charge in [0.1, 0.15) is 0 Å². The quantitative estimate of drug-likeness (QED) is 0.788. The van der Waals surface area contributed by atoms with Gasteiger partial charge in [-0.2, -0.15) is 0 Å². The molecule has 0 aliphatic carbocycles. The van der Waals surface area contributed by atoms with E-state index in [9.17, 15) is 9.59 Å². The van der Waals surface area contributed by atoms with E-state index in [4.69, 9.17) is 12.2 Å². The summed E-state index contributed by atoms with van der Waals surface area (Å²) in [5.41, 5.74) is 0.922. The third-order valence-electron chi connectivity index (χ3n) is 2.75. The van der Waals surface area contributed by atoms with Gasteiger partial charge in [0.2, 0.25) is 11.8 Å². The molecule has 1 rings (SSSR count). The third kappa shape index (κ3) is 5.42. The van der Waals surface area contributed by atoms with Crippen molar-refractivity contribution in [3.63, 3.8) is 0 Å². The van der Waals surface area contributed by atoms with Crippen LogP contribution >= 0.6 is 23.6 Å². The number of likely N-dealkylation sites (N-methyl/N-ethyl adjacent to an activating group) is 1. The molecule has 112 valence electrons. The fraction of sp³-hybridized carbons (Fsp3) is 0.615. The lowest BCUT2D eigenvalue weighted by Crippen LogP contribution is -2.40. The number of aromatic amines is 1. The molecule has 2 amide bonds. The molecule has 0 bridgehead atoms. The van der Waals surface area contributed by atoms with Crippen LogP contribution in [-0.2, 0) is 16.0 Å². The molecular formula is C13H21N3O2S2. The molecule has 1 heterocycles. The second-order valence-electron chi connectivity index (χ2n) is 5.19. The summed E-state index contributed by atoms with van der Waals surface area (Å²) in [6.45, 7) is 6.65. The van der Waals surface area contributed by atoms with Gasteiger partial charge >= 0.3 is 0 Å². The first-order valence-electron chi connectivity index (χ1n) is 6.48. The number of carbonyl (C=O) groups excluding carboxylic acids is 2. The number of H-pyrrole nitrogens is 1. The zero-order valence-electron chi connectivity index (χ0n) is 12.3. The van der Waals surface area contributed by atoms with Gasteiger partial charge in [-0.3, -0.25) is 9.59 Å². The van der Waals surface area contributed by atoms with Crippen molar-refractivity contribution in [1.82, 2.24) is 15.2 Å². The Balaban J connectivity index is 2.49. The summed E-state index contributed by atoms with van der Waals surface area (Å²) in [6.07, 6.45) is 0.275. The van der Waals surface area contributed by atoms with Gasteiger partial charge in [-0.25, -0.2) is 0 Å².